The molecule has 1 N–H and O–H groups in total. The molecule has 0 spiro atoms. The zero-order valence-electron chi connectivity index (χ0n) is 13.2. The minimum atomic E-state index is 0.587. The second-order valence-corrected chi connectivity index (χ2v) is 6.15. The van der Waals surface area contributed by atoms with E-state index in [1.807, 2.05) is 0 Å². The number of ether oxygens (including phenoxy) is 1. The van der Waals surface area contributed by atoms with E-state index in [1.165, 1.54) is 31.2 Å². The summed E-state index contributed by atoms with van der Waals surface area (Å²) in [6, 6.07) is 9.04. The van der Waals surface area contributed by atoms with Gasteiger partial charge in [0, 0.05) is 6.04 Å². The summed E-state index contributed by atoms with van der Waals surface area (Å²) in [7, 11) is 1.77. The predicted octanol–water partition coefficient (Wildman–Crippen LogP) is 4.04. The Balaban J connectivity index is 2.10. The van der Waals surface area contributed by atoms with Gasteiger partial charge >= 0.3 is 0 Å². The van der Waals surface area contributed by atoms with Crippen molar-refractivity contribution in [3.63, 3.8) is 0 Å². The molecule has 3 unspecified atom stereocenters. The van der Waals surface area contributed by atoms with E-state index in [0.29, 0.717) is 6.04 Å². The van der Waals surface area contributed by atoms with Crippen molar-refractivity contribution in [3.8, 4) is 5.75 Å². The number of rotatable bonds is 7. The van der Waals surface area contributed by atoms with Gasteiger partial charge in [0.15, 0.2) is 0 Å². The molecule has 1 aromatic carbocycles. The second kappa shape index (κ2) is 7.68. The Hall–Kier alpha value is -1.02. The summed E-state index contributed by atoms with van der Waals surface area (Å²) in [5.41, 5.74) is 1.34. The third kappa shape index (κ3) is 3.76. The number of hydrogen-bond acceptors (Lipinski definition) is 2. The maximum Gasteiger partial charge on any atom is 0.122 e. The number of benzene rings is 1. The highest BCUT2D eigenvalue weighted by atomic mass is 16.5. The number of nitrogens with one attached hydrogen (secondary N) is 1. The van der Waals surface area contributed by atoms with E-state index < -0.39 is 0 Å². The third-order valence-electron chi connectivity index (χ3n) is 4.73. The standard InChI is InChI=1S/C18H29NO/c1-4-12-19-17(16-10-7-8-14(16)2)13-15-9-5-6-11-18(15)20-3/h5-6,9,11,14,16-17,19H,4,7-8,10,12-13H2,1-3H3. The van der Waals surface area contributed by atoms with Gasteiger partial charge in [-0.1, -0.05) is 44.9 Å². The summed E-state index contributed by atoms with van der Waals surface area (Å²) in [5.74, 6) is 2.69. The Morgan fingerprint density at radius 1 is 1.30 bits per heavy atom. The molecular weight excluding hydrogens is 246 g/mol. The minimum absolute atomic E-state index is 0.587. The van der Waals surface area contributed by atoms with E-state index in [2.05, 4.69) is 43.4 Å². The zero-order chi connectivity index (χ0) is 14.4. The molecule has 1 saturated carbocycles. The van der Waals surface area contributed by atoms with Crippen molar-refractivity contribution in [3.05, 3.63) is 29.8 Å². The zero-order valence-corrected chi connectivity index (χ0v) is 13.2. The first kappa shape index (κ1) is 15.4. The lowest BCUT2D eigenvalue weighted by Crippen LogP contribution is -2.39. The third-order valence-corrected chi connectivity index (χ3v) is 4.73. The Morgan fingerprint density at radius 2 is 2.10 bits per heavy atom. The molecule has 0 bridgehead atoms. The van der Waals surface area contributed by atoms with E-state index in [9.17, 15) is 0 Å². The fourth-order valence-electron chi connectivity index (χ4n) is 3.59. The summed E-state index contributed by atoms with van der Waals surface area (Å²) >= 11 is 0. The predicted molar refractivity (Wildman–Crippen MR) is 85.3 cm³/mol. The van der Waals surface area contributed by atoms with Crippen molar-refractivity contribution < 1.29 is 4.74 Å². The first-order chi connectivity index (χ1) is 9.76. The van der Waals surface area contributed by atoms with Crippen LogP contribution in [0.2, 0.25) is 0 Å². The van der Waals surface area contributed by atoms with Crippen LogP contribution in [0.1, 0.15) is 45.1 Å². The van der Waals surface area contributed by atoms with Crippen molar-refractivity contribution in [2.75, 3.05) is 13.7 Å². The van der Waals surface area contributed by atoms with Crippen LogP contribution in [0.15, 0.2) is 24.3 Å². The summed E-state index contributed by atoms with van der Waals surface area (Å²) in [6.45, 7) is 5.77. The van der Waals surface area contributed by atoms with E-state index in [0.717, 1.165) is 30.6 Å². The first-order valence-electron chi connectivity index (χ1n) is 8.11. The molecule has 2 heteroatoms. The lowest BCUT2D eigenvalue weighted by atomic mass is 9.86. The van der Waals surface area contributed by atoms with Crippen LogP contribution in [0, 0.1) is 11.8 Å². The summed E-state index contributed by atoms with van der Waals surface area (Å²) < 4.78 is 5.51. The van der Waals surface area contributed by atoms with Crippen LogP contribution in [0.4, 0.5) is 0 Å². The topological polar surface area (TPSA) is 21.3 Å². The van der Waals surface area contributed by atoms with E-state index >= 15 is 0 Å². The molecule has 0 aromatic heterocycles. The molecule has 1 aromatic rings. The van der Waals surface area contributed by atoms with Crippen molar-refractivity contribution in [1.82, 2.24) is 5.32 Å². The number of methoxy groups -OCH3 is 1. The largest absolute Gasteiger partial charge is 0.496 e. The Bertz CT molecular complexity index is 404. The highest BCUT2D eigenvalue weighted by Gasteiger charge is 2.30. The normalized spacial score (nSPS) is 23.8. The van der Waals surface area contributed by atoms with Gasteiger partial charge in [-0.25, -0.2) is 0 Å². The highest BCUT2D eigenvalue weighted by molar-refractivity contribution is 5.34. The van der Waals surface area contributed by atoms with Crippen LogP contribution in [-0.4, -0.2) is 19.7 Å². The van der Waals surface area contributed by atoms with E-state index in [4.69, 9.17) is 4.74 Å². The van der Waals surface area contributed by atoms with Crippen LogP contribution < -0.4 is 10.1 Å². The van der Waals surface area contributed by atoms with E-state index in [1.54, 1.807) is 7.11 Å². The van der Waals surface area contributed by atoms with E-state index in [-0.39, 0.29) is 0 Å². The monoisotopic (exact) mass is 275 g/mol. The van der Waals surface area contributed by atoms with Crippen molar-refractivity contribution >= 4 is 0 Å². The van der Waals surface area contributed by atoms with Gasteiger partial charge in [-0.3, -0.25) is 0 Å². The van der Waals surface area contributed by atoms with Gasteiger partial charge in [0.1, 0.15) is 5.75 Å². The van der Waals surface area contributed by atoms with Crippen LogP contribution >= 0.6 is 0 Å². The Labute approximate surface area is 123 Å². The van der Waals surface area contributed by atoms with Gasteiger partial charge in [0.25, 0.3) is 0 Å². The highest BCUT2D eigenvalue weighted by Crippen LogP contribution is 2.35. The molecule has 112 valence electrons. The van der Waals surface area contributed by atoms with Crippen LogP contribution in [0.25, 0.3) is 0 Å². The molecular formula is C18H29NO. The molecule has 2 nitrogen and oxygen atoms in total. The number of hydrogen-bond donors (Lipinski definition) is 1. The van der Waals surface area contributed by atoms with Gasteiger partial charge in [-0.05, 0) is 49.3 Å². The molecule has 20 heavy (non-hydrogen) atoms. The van der Waals surface area contributed by atoms with Crippen LogP contribution in [-0.2, 0) is 6.42 Å². The van der Waals surface area contributed by atoms with Crippen LogP contribution in [0.3, 0.4) is 0 Å². The smallest absolute Gasteiger partial charge is 0.122 e. The minimum Gasteiger partial charge on any atom is -0.496 e. The Kier molecular flexibility index (Phi) is 5.90. The molecule has 1 aliphatic rings. The maximum atomic E-state index is 5.51. The molecule has 1 fully saturated rings. The van der Waals surface area contributed by atoms with Gasteiger partial charge in [0.2, 0.25) is 0 Å². The Morgan fingerprint density at radius 3 is 2.75 bits per heavy atom. The lowest BCUT2D eigenvalue weighted by molar-refractivity contribution is 0.292. The van der Waals surface area contributed by atoms with Crippen molar-refractivity contribution in [2.45, 2.75) is 52.0 Å². The fourth-order valence-corrected chi connectivity index (χ4v) is 3.59. The molecule has 3 atom stereocenters. The molecule has 0 aliphatic heterocycles. The maximum absolute atomic E-state index is 5.51. The molecule has 0 saturated heterocycles. The average Bonchev–Trinajstić information content (AvgIpc) is 2.90. The second-order valence-electron chi connectivity index (χ2n) is 6.15. The molecule has 0 radical (unpaired) electrons. The van der Waals surface area contributed by atoms with Crippen molar-refractivity contribution in [1.29, 1.82) is 0 Å². The quantitative estimate of drug-likeness (QED) is 0.811. The average molecular weight is 275 g/mol. The molecule has 0 heterocycles. The van der Waals surface area contributed by atoms with Crippen LogP contribution in [0.5, 0.6) is 5.75 Å². The van der Waals surface area contributed by atoms with Gasteiger partial charge < -0.3 is 10.1 Å². The SMILES string of the molecule is CCCNC(Cc1ccccc1OC)C1CCCC1C. The fraction of sp³-hybridized carbons (Fsp3) is 0.667. The summed E-state index contributed by atoms with van der Waals surface area (Å²) in [5, 5.41) is 3.79. The molecule has 1 aliphatic carbocycles. The lowest BCUT2D eigenvalue weighted by Gasteiger charge is -2.28. The first-order valence-corrected chi connectivity index (χ1v) is 8.11. The summed E-state index contributed by atoms with van der Waals surface area (Å²) in [4.78, 5) is 0. The summed E-state index contributed by atoms with van der Waals surface area (Å²) in [6.07, 6.45) is 6.43. The van der Waals surface area contributed by atoms with Gasteiger partial charge in [0.05, 0.1) is 7.11 Å². The molecule has 2 rings (SSSR count). The van der Waals surface area contributed by atoms with Crippen molar-refractivity contribution in [2.24, 2.45) is 11.8 Å². The molecule has 0 amide bonds. The number of para-hydroxylation sites is 1. The van der Waals surface area contributed by atoms with Gasteiger partial charge in [-0.2, -0.15) is 0 Å². The van der Waals surface area contributed by atoms with Gasteiger partial charge in [-0.15, -0.1) is 0 Å².